The minimum atomic E-state index is -5.08. The van der Waals surface area contributed by atoms with Gasteiger partial charge >= 0.3 is 24.2 Å². The molecule has 4 rings (SSSR count). The summed E-state index contributed by atoms with van der Waals surface area (Å²) in [6, 6.07) is 0.252. The highest BCUT2D eigenvalue weighted by Crippen LogP contribution is 2.70. The summed E-state index contributed by atoms with van der Waals surface area (Å²) in [4.78, 5) is 35.4. The highest BCUT2D eigenvalue weighted by atomic mass is 19.4. The summed E-state index contributed by atoms with van der Waals surface area (Å²) in [7, 11) is 0. The number of fused-ring (bicyclic) bond motifs is 5. The summed E-state index contributed by atoms with van der Waals surface area (Å²) in [5, 5.41) is 38.4. The predicted molar refractivity (Wildman–Crippen MR) is 218 cm³/mol. The Labute approximate surface area is 340 Å². The van der Waals surface area contributed by atoms with Crippen molar-refractivity contribution in [3.63, 3.8) is 0 Å². The molecule has 0 radical (unpaired) electrons. The fourth-order valence-corrected chi connectivity index (χ4v) is 12.2. The van der Waals surface area contributed by atoms with Gasteiger partial charge in [0.05, 0.1) is 12.0 Å². The number of unbranched alkanes of at least 4 members (excludes halogenated alkanes) is 1. The van der Waals surface area contributed by atoms with Crippen LogP contribution in [-0.2, 0) is 9.59 Å². The van der Waals surface area contributed by atoms with Crippen molar-refractivity contribution in [1.29, 1.82) is 0 Å². The molecule has 8 N–H and O–H groups in total. The van der Waals surface area contributed by atoms with Gasteiger partial charge in [0.1, 0.15) is 0 Å². The molecular formula is C43H78F3N5O6. The van der Waals surface area contributed by atoms with E-state index in [2.05, 4.69) is 50.6 Å². The highest BCUT2D eigenvalue weighted by molar-refractivity contribution is 5.73. The Morgan fingerprint density at radius 3 is 2.00 bits per heavy atom. The average molecular weight is 818 g/mol. The van der Waals surface area contributed by atoms with E-state index in [1.54, 1.807) is 4.90 Å². The van der Waals surface area contributed by atoms with Crippen LogP contribution in [0.2, 0.25) is 0 Å². The third kappa shape index (κ3) is 12.9. The third-order valence-corrected chi connectivity index (χ3v) is 15.0. The summed E-state index contributed by atoms with van der Waals surface area (Å²) in [5.74, 6) is 0.526. The Morgan fingerprint density at radius 2 is 1.42 bits per heavy atom. The molecule has 4 aliphatic carbocycles. The van der Waals surface area contributed by atoms with E-state index in [4.69, 9.17) is 15.6 Å². The number of aliphatic carboxylic acids is 2. The second-order valence-corrected chi connectivity index (χ2v) is 18.9. The molecule has 0 aromatic carbocycles. The van der Waals surface area contributed by atoms with Crippen LogP contribution in [0.25, 0.3) is 0 Å². The second-order valence-electron chi connectivity index (χ2n) is 18.9. The van der Waals surface area contributed by atoms with E-state index >= 15 is 0 Å². The first kappa shape index (κ1) is 49.2. The van der Waals surface area contributed by atoms with E-state index < -0.39 is 29.7 Å². The van der Waals surface area contributed by atoms with Crippen molar-refractivity contribution in [2.75, 3.05) is 45.8 Å². The van der Waals surface area contributed by atoms with E-state index in [1.165, 1.54) is 51.4 Å². The van der Waals surface area contributed by atoms with Gasteiger partial charge in [-0.2, -0.15) is 13.2 Å². The number of carbonyl (C=O) groups is 3. The molecule has 4 saturated carbocycles. The van der Waals surface area contributed by atoms with Gasteiger partial charge in [0.2, 0.25) is 0 Å². The van der Waals surface area contributed by atoms with E-state index in [9.17, 15) is 33.0 Å². The second kappa shape index (κ2) is 22.4. The Kier molecular flexibility index (Phi) is 19.4. The lowest BCUT2D eigenvalue weighted by atomic mass is 9.41. The fourth-order valence-electron chi connectivity index (χ4n) is 12.2. The van der Waals surface area contributed by atoms with Gasteiger partial charge in [0, 0.05) is 12.6 Å². The summed E-state index contributed by atoms with van der Waals surface area (Å²) in [6.45, 7) is 18.0. The molecule has 0 aromatic heterocycles. The standard InChI is InChI=1S/C41H77N5O4.C2HF3O2/c1-30(2)11-8-12-31(3)34-13-14-35-33-16-21-41(46(38(49)50)28-18-37(47)48)29-32(15-20-40(41,5)36(33)17-19-39(34,35)4)45-27-10-26-44-24-7-6-23-43-25-9-22-42;3-2(4,5)1(6)7/h30-36,43-45H,6-29,42H2,1-5H3,(H,47,48)(H,49,50);(H,6,7)/t31-,32?,33?,34-,35?,36?,39-,40-,41?;/m1./s1. The highest BCUT2D eigenvalue weighted by Gasteiger charge is 2.67. The van der Waals surface area contributed by atoms with Crippen molar-refractivity contribution in [2.24, 2.45) is 52.1 Å². The molecule has 0 heterocycles. The van der Waals surface area contributed by atoms with E-state index in [0.29, 0.717) is 17.3 Å². The predicted octanol–water partition coefficient (Wildman–Crippen LogP) is 7.97. The monoisotopic (exact) mass is 818 g/mol. The first-order valence-corrected chi connectivity index (χ1v) is 22.2. The molecule has 5 unspecified atom stereocenters. The maximum absolute atomic E-state index is 13.1. The quantitative estimate of drug-likeness (QED) is 0.0531. The molecule has 4 aliphatic rings. The minimum absolute atomic E-state index is 0.0773. The SMILES string of the molecule is CC(C)CCC[C@@H](C)[C@H]1CCC2C3CCC4(N(CCC(=O)O)C(=O)O)CC(NCCCNCCCCNCCCN)CC[C@]4(C)C3CC[C@@]21C.O=C(O)C(F)(F)F. The number of nitrogens with two attached hydrogens (primary N) is 1. The van der Waals surface area contributed by atoms with Gasteiger partial charge in [-0.05, 0) is 169 Å². The number of rotatable bonds is 22. The molecule has 9 atom stereocenters. The number of carboxylic acid groups (broad SMARTS) is 3. The number of alkyl halides is 3. The Hall–Kier alpha value is -2.16. The van der Waals surface area contributed by atoms with Crippen LogP contribution >= 0.6 is 0 Å². The minimum Gasteiger partial charge on any atom is -0.481 e. The van der Waals surface area contributed by atoms with Crippen molar-refractivity contribution in [3.8, 4) is 0 Å². The maximum atomic E-state index is 13.1. The molecule has 0 saturated heterocycles. The molecule has 57 heavy (non-hydrogen) atoms. The van der Waals surface area contributed by atoms with Crippen molar-refractivity contribution in [2.45, 2.75) is 162 Å². The number of hydrogen-bond donors (Lipinski definition) is 7. The van der Waals surface area contributed by atoms with E-state index in [1.807, 2.05) is 0 Å². The van der Waals surface area contributed by atoms with Crippen LogP contribution in [0.4, 0.5) is 18.0 Å². The number of carboxylic acids is 2. The normalized spacial score (nSPS) is 31.4. The van der Waals surface area contributed by atoms with Crippen LogP contribution in [0.1, 0.15) is 144 Å². The number of halogens is 3. The summed E-state index contributed by atoms with van der Waals surface area (Å²) >= 11 is 0. The van der Waals surface area contributed by atoms with Crippen molar-refractivity contribution in [3.05, 3.63) is 0 Å². The van der Waals surface area contributed by atoms with Crippen molar-refractivity contribution < 1.29 is 42.9 Å². The summed E-state index contributed by atoms with van der Waals surface area (Å²) in [6.07, 6.45) is 12.2. The zero-order valence-electron chi connectivity index (χ0n) is 35.7. The lowest BCUT2D eigenvalue weighted by Gasteiger charge is -2.68. The van der Waals surface area contributed by atoms with Crippen LogP contribution in [0.5, 0.6) is 0 Å². The molecule has 11 nitrogen and oxygen atoms in total. The van der Waals surface area contributed by atoms with Crippen LogP contribution in [-0.4, -0.2) is 102 Å². The number of nitrogens with one attached hydrogen (secondary N) is 3. The molecule has 332 valence electrons. The van der Waals surface area contributed by atoms with Crippen LogP contribution in [0.15, 0.2) is 0 Å². The Morgan fingerprint density at radius 1 is 0.789 bits per heavy atom. The van der Waals surface area contributed by atoms with E-state index in [-0.39, 0.29) is 24.4 Å². The molecule has 0 aromatic rings. The molecule has 4 fully saturated rings. The van der Waals surface area contributed by atoms with Crippen molar-refractivity contribution in [1.82, 2.24) is 20.9 Å². The van der Waals surface area contributed by atoms with Gasteiger partial charge in [-0.15, -0.1) is 0 Å². The Bertz CT molecular complexity index is 1260. The first-order chi connectivity index (χ1) is 26.8. The smallest absolute Gasteiger partial charge is 0.481 e. The molecule has 1 amide bonds. The van der Waals surface area contributed by atoms with Gasteiger partial charge in [-0.3, -0.25) is 4.79 Å². The largest absolute Gasteiger partial charge is 0.490 e. The molecular weight excluding hydrogens is 739 g/mol. The lowest BCUT2D eigenvalue weighted by Crippen LogP contribution is -2.71. The van der Waals surface area contributed by atoms with Crippen LogP contribution in [0, 0.1) is 46.3 Å². The number of hydrogen-bond acceptors (Lipinski definition) is 7. The number of nitrogens with zero attached hydrogens (tertiary/aromatic N) is 1. The molecule has 0 spiro atoms. The average Bonchev–Trinajstić information content (AvgIpc) is 3.49. The van der Waals surface area contributed by atoms with Gasteiger partial charge in [0.25, 0.3) is 0 Å². The zero-order chi connectivity index (χ0) is 42.4. The van der Waals surface area contributed by atoms with Gasteiger partial charge < -0.3 is 41.9 Å². The summed E-state index contributed by atoms with van der Waals surface area (Å²) < 4.78 is 31.7. The zero-order valence-corrected chi connectivity index (χ0v) is 35.7. The third-order valence-electron chi connectivity index (χ3n) is 15.0. The van der Waals surface area contributed by atoms with E-state index in [0.717, 1.165) is 114 Å². The van der Waals surface area contributed by atoms with Gasteiger partial charge in [-0.25, -0.2) is 9.59 Å². The van der Waals surface area contributed by atoms with Crippen molar-refractivity contribution >= 4 is 18.0 Å². The lowest BCUT2D eigenvalue weighted by molar-refractivity contribution is -0.192. The molecule has 0 bridgehead atoms. The van der Waals surface area contributed by atoms with Crippen LogP contribution in [0.3, 0.4) is 0 Å². The first-order valence-electron chi connectivity index (χ1n) is 22.2. The topological polar surface area (TPSA) is 177 Å². The van der Waals surface area contributed by atoms with Crippen LogP contribution < -0.4 is 21.7 Å². The fraction of sp³-hybridized carbons (Fsp3) is 0.930. The molecule has 14 heteroatoms. The van der Waals surface area contributed by atoms with Gasteiger partial charge in [0.15, 0.2) is 0 Å². The van der Waals surface area contributed by atoms with Gasteiger partial charge in [-0.1, -0.05) is 53.9 Å². The summed E-state index contributed by atoms with van der Waals surface area (Å²) in [5.41, 5.74) is 5.27. The number of amides is 1. The maximum Gasteiger partial charge on any atom is 0.490 e. The Balaban J connectivity index is 0.00000113. The molecule has 0 aliphatic heterocycles.